The van der Waals surface area contributed by atoms with Gasteiger partial charge in [-0.25, -0.2) is 4.79 Å². The first-order chi connectivity index (χ1) is 17.4. The molecule has 0 bridgehead atoms. The maximum Gasteiger partial charge on any atom is 0.326 e. The van der Waals surface area contributed by atoms with Crippen molar-refractivity contribution in [3.63, 3.8) is 0 Å². The molecule has 9 heteroatoms. The van der Waals surface area contributed by atoms with Crippen molar-refractivity contribution >= 4 is 45.6 Å². The molecule has 0 aliphatic carbocycles. The second-order valence-electron chi connectivity index (χ2n) is 7.95. The number of nitrogens with one attached hydrogen (secondary N) is 3. The molecule has 2 atom stereocenters. The Morgan fingerprint density at radius 2 is 1.42 bits per heavy atom. The molecular formula is C27H23N3O5S. The van der Waals surface area contributed by atoms with E-state index < -0.39 is 34.3 Å². The number of aromatic nitrogens is 1. The van der Waals surface area contributed by atoms with Crippen molar-refractivity contribution in [2.24, 2.45) is 0 Å². The van der Waals surface area contributed by atoms with Gasteiger partial charge < -0.3 is 20.7 Å². The van der Waals surface area contributed by atoms with E-state index in [2.05, 4.69) is 15.6 Å². The predicted molar refractivity (Wildman–Crippen MR) is 138 cm³/mol. The third-order valence-electron chi connectivity index (χ3n) is 5.48. The number of carbonyl (C=O) groups excluding carboxylic acids is 3. The van der Waals surface area contributed by atoms with Crippen LogP contribution < -0.4 is 10.6 Å². The topological polar surface area (TPSA) is 128 Å². The number of thioether (sulfide) groups is 1. The van der Waals surface area contributed by atoms with E-state index in [1.807, 2.05) is 24.3 Å². The largest absolute Gasteiger partial charge is 0.480 e. The number of para-hydroxylation sites is 1. The Morgan fingerprint density at radius 3 is 2.08 bits per heavy atom. The molecule has 1 aromatic heterocycles. The van der Waals surface area contributed by atoms with Crippen LogP contribution in [0.15, 0.2) is 91.1 Å². The van der Waals surface area contributed by atoms with Gasteiger partial charge in [-0.3, -0.25) is 14.4 Å². The molecule has 0 saturated heterocycles. The molecule has 4 N–H and O–H groups in total. The zero-order valence-electron chi connectivity index (χ0n) is 19.0. The van der Waals surface area contributed by atoms with E-state index in [0.717, 1.165) is 16.5 Å². The fourth-order valence-corrected chi connectivity index (χ4v) is 4.48. The second-order valence-corrected chi connectivity index (χ2v) is 9.03. The van der Waals surface area contributed by atoms with Crippen LogP contribution in [0.5, 0.6) is 0 Å². The van der Waals surface area contributed by atoms with Crippen LogP contribution in [0.4, 0.5) is 0 Å². The number of H-pyrrole nitrogens is 1. The highest BCUT2D eigenvalue weighted by molar-refractivity contribution is 8.15. The van der Waals surface area contributed by atoms with Crippen LogP contribution in [0.25, 0.3) is 10.9 Å². The number of hydrogen-bond acceptors (Lipinski definition) is 5. The molecule has 36 heavy (non-hydrogen) atoms. The molecule has 0 radical (unpaired) electrons. The van der Waals surface area contributed by atoms with E-state index in [9.17, 15) is 24.3 Å². The first-order valence-corrected chi connectivity index (χ1v) is 12.0. The van der Waals surface area contributed by atoms with Crippen molar-refractivity contribution in [1.82, 2.24) is 15.6 Å². The molecule has 0 aliphatic rings. The van der Waals surface area contributed by atoms with Gasteiger partial charge in [-0.05, 0) is 35.5 Å². The Hall–Kier alpha value is -4.37. The van der Waals surface area contributed by atoms with E-state index in [-0.39, 0.29) is 6.42 Å². The summed E-state index contributed by atoms with van der Waals surface area (Å²) in [6, 6.07) is 22.7. The molecule has 0 aliphatic heterocycles. The van der Waals surface area contributed by atoms with Gasteiger partial charge in [0.2, 0.25) is 5.12 Å². The summed E-state index contributed by atoms with van der Waals surface area (Å²) in [7, 11) is 0. The molecule has 0 saturated carbocycles. The lowest BCUT2D eigenvalue weighted by Gasteiger charge is -2.21. The van der Waals surface area contributed by atoms with Gasteiger partial charge in [0.1, 0.15) is 6.04 Å². The number of carboxylic acid groups (broad SMARTS) is 1. The van der Waals surface area contributed by atoms with Gasteiger partial charge >= 0.3 is 5.97 Å². The fraction of sp³-hybridized carbons (Fsp3) is 0.111. The Labute approximate surface area is 211 Å². The number of aromatic amines is 1. The van der Waals surface area contributed by atoms with E-state index in [1.54, 1.807) is 66.9 Å². The number of hydrogen-bond donors (Lipinski definition) is 4. The number of carbonyl (C=O) groups is 4. The van der Waals surface area contributed by atoms with Crippen LogP contribution in [-0.2, 0) is 16.0 Å². The maximum atomic E-state index is 13.2. The lowest BCUT2D eigenvalue weighted by molar-refractivity contribution is -0.141. The Morgan fingerprint density at radius 1 is 0.806 bits per heavy atom. The molecule has 8 nitrogen and oxygen atoms in total. The maximum absolute atomic E-state index is 13.2. The summed E-state index contributed by atoms with van der Waals surface area (Å²) >= 11 is 0.611. The molecule has 0 fully saturated rings. The number of rotatable bonds is 9. The molecule has 1 heterocycles. The SMILES string of the molecule is O=C(NC(SC(=O)c1ccccc1)C(=O)N[C@@H](Cc1c[nH]c2ccccc12)C(=O)O)c1ccccc1. The smallest absolute Gasteiger partial charge is 0.326 e. The first-order valence-electron chi connectivity index (χ1n) is 11.1. The highest BCUT2D eigenvalue weighted by Gasteiger charge is 2.30. The molecule has 3 aromatic carbocycles. The zero-order chi connectivity index (χ0) is 25.5. The standard InChI is InChI=1S/C27H23N3O5S/c31-23(17-9-3-1-4-10-17)30-25(36-27(35)18-11-5-2-6-12-18)24(32)29-22(26(33)34)15-19-16-28-21-14-8-7-13-20(19)21/h1-14,16,22,25,28H,15H2,(H,29,32)(H,30,31)(H,33,34)/t22-,25?/m0/s1. The van der Waals surface area contributed by atoms with Crippen LogP contribution >= 0.6 is 11.8 Å². The lowest BCUT2D eigenvalue weighted by Crippen LogP contribution is -2.51. The summed E-state index contributed by atoms with van der Waals surface area (Å²) < 4.78 is 0. The van der Waals surface area contributed by atoms with Crippen LogP contribution in [0.3, 0.4) is 0 Å². The van der Waals surface area contributed by atoms with E-state index >= 15 is 0 Å². The van der Waals surface area contributed by atoms with E-state index in [1.165, 1.54) is 0 Å². The van der Waals surface area contributed by atoms with Gasteiger partial charge in [-0.2, -0.15) is 0 Å². The van der Waals surface area contributed by atoms with Crippen molar-refractivity contribution in [2.75, 3.05) is 0 Å². The average Bonchev–Trinajstić information content (AvgIpc) is 3.31. The van der Waals surface area contributed by atoms with Crippen molar-refractivity contribution in [3.8, 4) is 0 Å². The summed E-state index contributed by atoms with van der Waals surface area (Å²) in [6.07, 6.45) is 1.72. The monoisotopic (exact) mass is 501 g/mol. The van der Waals surface area contributed by atoms with Gasteiger partial charge in [-0.1, -0.05) is 66.7 Å². The van der Waals surface area contributed by atoms with E-state index in [4.69, 9.17) is 0 Å². The van der Waals surface area contributed by atoms with Gasteiger partial charge in [0.25, 0.3) is 11.8 Å². The van der Waals surface area contributed by atoms with Crippen molar-refractivity contribution < 1.29 is 24.3 Å². The summed E-state index contributed by atoms with van der Waals surface area (Å²) in [5, 5.41) is 13.9. The summed E-state index contributed by atoms with van der Waals surface area (Å²) in [5.74, 6) is -2.59. The van der Waals surface area contributed by atoms with Crippen LogP contribution in [0, 0.1) is 0 Å². The van der Waals surface area contributed by atoms with Gasteiger partial charge in [-0.15, -0.1) is 0 Å². The van der Waals surface area contributed by atoms with Gasteiger partial charge in [0.15, 0.2) is 5.37 Å². The average molecular weight is 502 g/mol. The normalized spacial score (nSPS) is 12.4. The van der Waals surface area contributed by atoms with Crippen molar-refractivity contribution in [3.05, 3.63) is 108 Å². The summed E-state index contributed by atoms with van der Waals surface area (Å²) in [4.78, 5) is 53.9. The van der Waals surface area contributed by atoms with Crippen LogP contribution in [0.2, 0.25) is 0 Å². The predicted octanol–water partition coefficient (Wildman–Crippen LogP) is 3.61. The number of benzene rings is 3. The third-order valence-corrected chi connectivity index (χ3v) is 6.50. The minimum Gasteiger partial charge on any atom is -0.480 e. The van der Waals surface area contributed by atoms with Gasteiger partial charge in [0, 0.05) is 34.6 Å². The number of aliphatic carboxylic acids is 1. The molecule has 0 spiro atoms. The molecule has 182 valence electrons. The fourth-order valence-electron chi connectivity index (χ4n) is 3.66. The molecule has 4 aromatic rings. The first kappa shape index (κ1) is 24.7. The van der Waals surface area contributed by atoms with Crippen LogP contribution in [0.1, 0.15) is 26.3 Å². The lowest BCUT2D eigenvalue weighted by atomic mass is 10.0. The number of carboxylic acids is 1. The Kier molecular flexibility index (Phi) is 7.82. The highest BCUT2D eigenvalue weighted by atomic mass is 32.2. The quantitative estimate of drug-likeness (QED) is 0.260. The number of amides is 2. The number of fused-ring (bicyclic) bond motifs is 1. The Bertz CT molecular complexity index is 1330. The summed E-state index contributed by atoms with van der Waals surface area (Å²) in [6.45, 7) is 0. The highest BCUT2D eigenvalue weighted by Crippen LogP contribution is 2.21. The second kappa shape index (κ2) is 11.4. The molecular weight excluding hydrogens is 478 g/mol. The molecule has 2 amide bonds. The molecule has 1 unspecified atom stereocenters. The molecule has 4 rings (SSSR count). The minimum absolute atomic E-state index is 0.0156. The zero-order valence-corrected chi connectivity index (χ0v) is 19.8. The van der Waals surface area contributed by atoms with E-state index in [0.29, 0.717) is 22.9 Å². The van der Waals surface area contributed by atoms with Crippen LogP contribution in [-0.4, -0.2) is 44.4 Å². The van der Waals surface area contributed by atoms with Gasteiger partial charge in [0.05, 0.1) is 0 Å². The Balaban J connectivity index is 1.54. The van der Waals surface area contributed by atoms with Crippen molar-refractivity contribution in [1.29, 1.82) is 0 Å². The minimum atomic E-state index is -1.35. The third kappa shape index (κ3) is 6.00. The summed E-state index contributed by atoms with van der Waals surface area (Å²) in [5.41, 5.74) is 2.22. The van der Waals surface area contributed by atoms with Crippen molar-refractivity contribution in [2.45, 2.75) is 17.8 Å².